The Morgan fingerprint density at radius 3 is 2.09 bits per heavy atom. The minimum atomic E-state index is -1.17. The van der Waals surface area contributed by atoms with Gasteiger partial charge in [0.1, 0.15) is 17.3 Å². The fourth-order valence-electron chi connectivity index (χ4n) is 2.15. The summed E-state index contributed by atoms with van der Waals surface area (Å²) in [5, 5.41) is 22.3. The van der Waals surface area contributed by atoms with E-state index in [9.17, 15) is 19.8 Å². The number of ether oxygens (including phenoxy) is 2. The Morgan fingerprint density at radius 1 is 1.09 bits per heavy atom. The van der Waals surface area contributed by atoms with Gasteiger partial charge in [-0.2, -0.15) is 0 Å². The molecule has 0 bridgehead atoms. The molecule has 0 aliphatic carbocycles. The summed E-state index contributed by atoms with van der Waals surface area (Å²) in [6.45, 7) is 10.3. The summed E-state index contributed by atoms with van der Waals surface area (Å²) in [6, 6.07) is -0.785. The largest absolute Gasteiger partial charge is 0.444 e. The molecule has 0 unspecified atom stereocenters. The van der Waals surface area contributed by atoms with Crippen molar-refractivity contribution in [3.05, 3.63) is 0 Å². The van der Waals surface area contributed by atoms with Crippen molar-refractivity contribution >= 4 is 12.2 Å². The van der Waals surface area contributed by atoms with E-state index in [-0.39, 0.29) is 13.1 Å². The van der Waals surface area contributed by atoms with Gasteiger partial charge in [-0.15, -0.1) is 0 Å². The van der Waals surface area contributed by atoms with Crippen LogP contribution in [0.1, 0.15) is 41.5 Å². The summed E-state index contributed by atoms with van der Waals surface area (Å²) in [6.07, 6.45) is -3.57. The van der Waals surface area contributed by atoms with Crippen molar-refractivity contribution in [1.29, 1.82) is 0 Å². The number of alkyl carbamates (subject to hydrolysis) is 1. The number of aliphatic hydroxyl groups excluding tert-OH is 2. The van der Waals surface area contributed by atoms with Crippen LogP contribution in [0.25, 0.3) is 0 Å². The van der Waals surface area contributed by atoms with Crippen molar-refractivity contribution in [2.45, 2.75) is 71.0 Å². The number of nitrogens with zero attached hydrogens (tertiary/aromatic N) is 1. The molecular weight excluding hydrogens is 304 g/mol. The fraction of sp³-hybridized carbons (Fsp3) is 0.867. The molecule has 1 fully saturated rings. The number of amides is 2. The summed E-state index contributed by atoms with van der Waals surface area (Å²) >= 11 is 0. The second-order valence-corrected chi connectivity index (χ2v) is 7.64. The molecule has 1 aliphatic rings. The van der Waals surface area contributed by atoms with E-state index in [1.54, 1.807) is 41.5 Å². The van der Waals surface area contributed by atoms with Crippen LogP contribution in [0.3, 0.4) is 0 Å². The van der Waals surface area contributed by atoms with Crippen LogP contribution in [0.5, 0.6) is 0 Å². The maximum absolute atomic E-state index is 12.2. The number of carbonyl (C=O) groups is 2. The average Bonchev–Trinajstić information content (AvgIpc) is 2.59. The van der Waals surface area contributed by atoms with Gasteiger partial charge in [0.2, 0.25) is 0 Å². The Hall–Kier alpha value is -1.54. The zero-order valence-electron chi connectivity index (χ0n) is 14.6. The lowest BCUT2D eigenvalue weighted by atomic mass is 10.1. The number of likely N-dealkylation sites (tertiary alicyclic amines) is 1. The maximum atomic E-state index is 12.2. The molecule has 134 valence electrons. The fourth-order valence-corrected chi connectivity index (χ4v) is 2.15. The monoisotopic (exact) mass is 332 g/mol. The molecule has 0 spiro atoms. The molecule has 0 aromatic carbocycles. The van der Waals surface area contributed by atoms with E-state index < -0.39 is 41.6 Å². The highest BCUT2D eigenvalue weighted by Crippen LogP contribution is 2.21. The summed E-state index contributed by atoms with van der Waals surface area (Å²) in [5.74, 6) is 0. The van der Waals surface area contributed by atoms with Crippen LogP contribution in [-0.4, -0.2) is 69.8 Å². The van der Waals surface area contributed by atoms with E-state index in [2.05, 4.69) is 5.32 Å². The summed E-state index contributed by atoms with van der Waals surface area (Å²) in [5.41, 5.74) is -1.35. The zero-order valence-corrected chi connectivity index (χ0v) is 14.6. The van der Waals surface area contributed by atoms with Crippen LogP contribution < -0.4 is 5.32 Å². The third kappa shape index (κ3) is 6.23. The number of β-amino-alcohol motifs (C(OH)–C–C–N with tert-alkyl or cyclic N) is 1. The lowest BCUT2D eigenvalue weighted by Gasteiger charge is -2.29. The summed E-state index contributed by atoms with van der Waals surface area (Å²) < 4.78 is 10.4. The minimum absolute atomic E-state index is 0.0492. The summed E-state index contributed by atoms with van der Waals surface area (Å²) in [4.78, 5) is 25.1. The Morgan fingerprint density at radius 2 is 1.61 bits per heavy atom. The van der Waals surface area contributed by atoms with Crippen LogP contribution in [0.4, 0.5) is 9.59 Å². The molecule has 0 saturated carbocycles. The molecule has 23 heavy (non-hydrogen) atoms. The quantitative estimate of drug-likeness (QED) is 0.692. The van der Waals surface area contributed by atoms with E-state index in [0.29, 0.717) is 0 Å². The minimum Gasteiger partial charge on any atom is -0.444 e. The van der Waals surface area contributed by atoms with Gasteiger partial charge in [0.05, 0.1) is 18.7 Å². The molecule has 0 radical (unpaired) electrons. The molecule has 1 aliphatic heterocycles. The molecule has 8 heteroatoms. The number of hydrogen-bond donors (Lipinski definition) is 3. The number of hydrogen-bond acceptors (Lipinski definition) is 6. The first kappa shape index (κ1) is 19.5. The highest BCUT2D eigenvalue weighted by molar-refractivity contribution is 5.70. The van der Waals surface area contributed by atoms with Crippen molar-refractivity contribution in [2.24, 2.45) is 0 Å². The number of rotatable bonds is 2. The Labute approximate surface area is 136 Å². The lowest BCUT2D eigenvalue weighted by molar-refractivity contribution is 0.0118. The van der Waals surface area contributed by atoms with E-state index in [0.717, 1.165) is 0 Å². The molecule has 0 aromatic heterocycles. The standard InChI is InChI=1S/C15H28N2O6/c1-14(2,3)22-12(20)16-7-9-11(19)10(18)8-17(9)13(21)23-15(4,5)6/h9-11,18-19H,7-8H2,1-6H3,(H,16,20)/t9-,10+,11-/m1/s1. The van der Waals surface area contributed by atoms with Crippen molar-refractivity contribution in [3.8, 4) is 0 Å². The van der Waals surface area contributed by atoms with E-state index >= 15 is 0 Å². The highest BCUT2D eigenvalue weighted by atomic mass is 16.6. The van der Waals surface area contributed by atoms with Gasteiger partial charge in [-0.05, 0) is 41.5 Å². The SMILES string of the molecule is CC(C)(C)OC(=O)NC[C@@H]1[C@@H](O)[C@@H](O)CN1C(=O)OC(C)(C)C. The van der Waals surface area contributed by atoms with Gasteiger partial charge in [0.25, 0.3) is 0 Å². The van der Waals surface area contributed by atoms with Gasteiger partial charge in [-0.25, -0.2) is 9.59 Å². The molecule has 1 rings (SSSR count). The van der Waals surface area contributed by atoms with Crippen LogP contribution in [0.2, 0.25) is 0 Å². The van der Waals surface area contributed by atoms with Crippen molar-refractivity contribution in [3.63, 3.8) is 0 Å². The zero-order chi connectivity index (χ0) is 18.0. The first-order valence-corrected chi connectivity index (χ1v) is 7.63. The van der Waals surface area contributed by atoms with Crippen molar-refractivity contribution < 1.29 is 29.3 Å². The molecule has 1 saturated heterocycles. The molecular formula is C15H28N2O6. The smallest absolute Gasteiger partial charge is 0.410 e. The molecule has 3 atom stereocenters. The van der Waals surface area contributed by atoms with Crippen LogP contribution >= 0.6 is 0 Å². The van der Waals surface area contributed by atoms with Gasteiger partial charge in [-0.1, -0.05) is 0 Å². The van der Waals surface area contributed by atoms with Gasteiger partial charge in [-0.3, -0.25) is 4.90 Å². The number of carbonyl (C=O) groups excluding carboxylic acids is 2. The van der Waals surface area contributed by atoms with Crippen LogP contribution in [-0.2, 0) is 9.47 Å². The normalized spacial score (nSPS) is 25.2. The number of aliphatic hydroxyl groups is 2. The molecule has 3 N–H and O–H groups in total. The van der Waals surface area contributed by atoms with E-state index in [4.69, 9.17) is 9.47 Å². The predicted octanol–water partition coefficient (Wildman–Crippen LogP) is 0.852. The lowest BCUT2D eigenvalue weighted by Crippen LogP contribution is -2.49. The van der Waals surface area contributed by atoms with Crippen LogP contribution in [0.15, 0.2) is 0 Å². The third-order valence-corrected chi connectivity index (χ3v) is 3.05. The van der Waals surface area contributed by atoms with Crippen LogP contribution in [0, 0.1) is 0 Å². The first-order chi connectivity index (χ1) is 10.3. The molecule has 0 aromatic rings. The third-order valence-electron chi connectivity index (χ3n) is 3.05. The average molecular weight is 332 g/mol. The second kappa shape index (κ2) is 6.92. The summed E-state index contributed by atoms with van der Waals surface area (Å²) in [7, 11) is 0. The molecule has 1 heterocycles. The number of nitrogens with one attached hydrogen (secondary N) is 1. The Bertz CT molecular complexity index is 440. The Kier molecular flexibility index (Phi) is 5.87. The van der Waals surface area contributed by atoms with E-state index in [1.165, 1.54) is 4.90 Å². The van der Waals surface area contributed by atoms with Gasteiger partial charge in [0.15, 0.2) is 0 Å². The second-order valence-electron chi connectivity index (χ2n) is 7.64. The predicted molar refractivity (Wildman–Crippen MR) is 83.0 cm³/mol. The van der Waals surface area contributed by atoms with Gasteiger partial charge in [0, 0.05) is 6.54 Å². The Balaban J connectivity index is 2.69. The van der Waals surface area contributed by atoms with Crippen molar-refractivity contribution in [1.82, 2.24) is 10.2 Å². The maximum Gasteiger partial charge on any atom is 0.410 e. The molecule has 8 nitrogen and oxygen atoms in total. The van der Waals surface area contributed by atoms with Crippen molar-refractivity contribution in [2.75, 3.05) is 13.1 Å². The van der Waals surface area contributed by atoms with Gasteiger partial charge < -0.3 is 25.0 Å². The first-order valence-electron chi connectivity index (χ1n) is 7.63. The van der Waals surface area contributed by atoms with E-state index in [1.807, 2.05) is 0 Å². The van der Waals surface area contributed by atoms with Gasteiger partial charge >= 0.3 is 12.2 Å². The highest BCUT2D eigenvalue weighted by Gasteiger charge is 2.44. The molecule has 2 amide bonds. The topological polar surface area (TPSA) is 108 Å².